The number of hydrogen-bond donors (Lipinski definition) is 0. The van der Waals surface area contributed by atoms with Gasteiger partial charge in [-0.25, -0.2) is 4.39 Å². The smallest absolute Gasteiger partial charge is 0.260 e. The highest BCUT2D eigenvalue weighted by Gasteiger charge is 2.22. The Kier molecular flexibility index (Phi) is 6.22. The van der Waals surface area contributed by atoms with Gasteiger partial charge >= 0.3 is 0 Å². The molecule has 0 aromatic heterocycles. The summed E-state index contributed by atoms with van der Waals surface area (Å²) in [5, 5.41) is 0. The molecule has 0 aliphatic rings. The Hall–Kier alpha value is -1.00. The lowest BCUT2D eigenvalue weighted by molar-refractivity contribution is 0.0766. The van der Waals surface area contributed by atoms with Gasteiger partial charge in [-0.3, -0.25) is 4.79 Å². The van der Waals surface area contributed by atoms with Crippen molar-refractivity contribution >= 4 is 29.1 Å². The van der Waals surface area contributed by atoms with Crippen molar-refractivity contribution in [1.82, 2.24) is 4.90 Å². The summed E-state index contributed by atoms with van der Waals surface area (Å²) in [6, 6.07) is 4.24. The van der Waals surface area contributed by atoms with Gasteiger partial charge < -0.3 is 9.64 Å². The summed E-state index contributed by atoms with van der Waals surface area (Å²) in [7, 11) is 1.39. The Morgan fingerprint density at radius 2 is 1.94 bits per heavy atom. The highest BCUT2D eigenvalue weighted by molar-refractivity contribution is 6.18. The summed E-state index contributed by atoms with van der Waals surface area (Å²) < 4.78 is 18.7. The summed E-state index contributed by atoms with van der Waals surface area (Å²) >= 11 is 11.2. The number of ether oxygens (including phenoxy) is 1. The summed E-state index contributed by atoms with van der Waals surface area (Å²) in [5.41, 5.74) is -0.0877. The van der Waals surface area contributed by atoms with E-state index in [0.717, 1.165) is 0 Å². The van der Waals surface area contributed by atoms with Crippen LogP contribution in [0.3, 0.4) is 0 Å². The monoisotopic (exact) mass is 293 g/mol. The van der Waals surface area contributed by atoms with Crippen LogP contribution >= 0.6 is 23.2 Å². The van der Waals surface area contributed by atoms with Crippen molar-refractivity contribution in [3.63, 3.8) is 0 Å². The van der Waals surface area contributed by atoms with Crippen LogP contribution in [0.2, 0.25) is 0 Å². The zero-order chi connectivity index (χ0) is 13.5. The van der Waals surface area contributed by atoms with Crippen LogP contribution < -0.4 is 4.74 Å². The Bertz CT molecular complexity index is 409. The second kappa shape index (κ2) is 7.44. The largest absolute Gasteiger partial charge is 0.496 e. The Balaban J connectivity index is 3.07. The van der Waals surface area contributed by atoms with E-state index in [9.17, 15) is 9.18 Å². The van der Waals surface area contributed by atoms with E-state index in [2.05, 4.69) is 0 Å². The average Bonchev–Trinajstić information content (AvgIpc) is 2.37. The lowest BCUT2D eigenvalue weighted by atomic mass is 10.1. The highest BCUT2D eigenvalue weighted by Crippen LogP contribution is 2.22. The minimum Gasteiger partial charge on any atom is -0.496 e. The van der Waals surface area contributed by atoms with Crippen molar-refractivity contribution in [2.24, 2.45) is 0 Å². The van der Waals surface area contributed by atoms with Gasteiger partial charge in [0.25, 0.3) is 5.91 Å². The van der Waals surface area contributed by atoms with Gasteiger partial charge in [0.2, 0.25) is 0 Å². The zero-order valence-electron chi connectivity index (χ0n) is 9.96. The third kappa shape index (κ3) is 3.50. The fourth-order valence-electron chi connectivity index (χ4n) is 1.56. The molecule has 0 spiro atoms. The van der Waals surface area contributed by atoms with Crippen LogP contribution in [0.25, 0.3) is 0 Å². The molecule has 0 N–H and O–H groups in total. The van der Waals surface area contributed by atoms with Crippen molar-refractivity contribution in [1.29, 1.82) is 0 Å². The van der Waals surface area contributed by atoms with Crippen LogP contribution in [0.1, 0.15) is 10.4 Å². The number of alkyl halides is 2. The first kappa shape index (κ1) is 15.1. The Morgan fingerprint density at radius 1 is 1.33 bits per heavy atom. The van der Waals surface area contributed by atoms with Crippen LogP contribution in [-0.2, 0) is 0 Å². The molecule has 0 atom stereocenters. The molecule has 0 fully saturated rings. The number of benzene rings is 1. The van der Waals surface area contributed by atoms with Gasteiger partial charge in [-0.05, 0) is 12.1 Å². The van der Waals surface area contributed by atoms with E-state index in [4.69, 9.17) is 27.9 Å². The van der Waals surface area contributed by atoms with Gasteiger partial charge in [-0.2, -0.15) is 0 Å². The van der Waals surface area contributed by atoms with Crippen LogP contribution in [0.15, 0.2) is 18.2 Å². The predicted octanol–water partition coefficient (Wildman–Crippen LogP) is 2.75. The SMILES string of the molecule is COc1cccc(F)c1C(=O)N(CCCl)CCCl. The standard InChI is InChI=1S/C12H14Cl2FNO2/c1-18-10-4-2-3-9(15)11(10)12(17)16(7-5-13)8-6-14/h2-4H,5-8H2,1H3. The molecule has 1 rings (SSSR count). The Labute approximate surface area is 115 Å². The molecule has 1 aromatic carbocycles. The van der Waals surface area contributed by atoms with Crippen molar-refractivity contribution in [3.8, 4) is 5.75 Å². The van der Waals surface area contributed by atoms with Gasteiger partial charge in [0.15, 0.2) is 0 Å². The minimum atomic E-state index is -0.617. The van der Waals surface area contributed by atoms with Crippen LogP contribution in [0, 0.1) is 5.82 Å². The van der Waals surface area contributed by atoms with E-state index >= 15 is 0 Å². The summed E-state index contributed by atoms with van der Waals surface area (Å²) in [4.78, 5) is 13.6. The van der Waals surface area contributed by atoms with Crippen molar-refractivity contribution in [2.45, 2.75) is 0 Å². The number of nitrogens with zero attached hydrogens (tertiary/aromatic N) is 1. The molecule has 6 heteroatoms. The van der Waals surface area contributed by atoms with Crippen LogP contribution in [0.5, 0.6) is 5.75 Å². The van der Waals surface area contributed by atoms with E-state index in [-0.39, 0.29) is 23.1 Å². The molecule has 0 aliphatic heterocycles. The molecule has 0 unspecified atom stereocenters. The van der Waals surface area contributed by atoms with E-state index in [1.165, 1.54) is 30.2 Å². The van der Waals surface area contributed by atoms with Gasteiger partial charge in [0.05, 0.1) is 7.11 Å². The second-order valence-corrected chi connectivity index (χ2v) is 4.24. The van der Waals surface area contributed by atoms with Crippen molar-refractivity contribution in [3.05, 3.63) is 29.6 Å². The molecule has 3 nitrogen and oxygen atoms in total. The van der Waals surface area contributed by atoms with E-state index in [0.29, 0.717) is 13.1 Å². The van der Waals surface area contributed by atoms with Gasteiger partial charge in [0.1, 0.15) is 17.1 Å². The molecular formula is C12H14Cl2FNO2. The van der Waals surface area contributed by atoms with Gasteiger partial charge in [-0.15, -0.1) is 23.2 Å². The maximum atomic E-state index is 13.7. The van der Waals surface area contributed by atoms with E-state index in [1.807, 2.05) is 0 Å². The van der Waals surface area contributed by atoms with Gasteiger partial charge in [-0.1, -0.05) is 6.07 Å². The maximum Gasteiger partial charge on any atom is 0.260 e. The number of methoxy groups -OCH3 is 1. The van der Waals surface area contributed by atoms with Crippen molar-refractivity contribution < 1.29 is 13.9 Å². The van der Waals surface area contributed by atoms with Gasteiger partial charge in [0, 0.05) is 24.8 Å². The summed E-state index contributed by atoms with van der Waals surface area (Å²) in [5.74, 6) is -0.354. The molecular weight excluding hydrogens is 280 g/mol. The first-order valence-electron chi connectivity index (χ1n) is 5.39. The predicted molar refractivity (Wildman–Crippen MR) is 70.3 cm³/mol. The number of rotatable bonds is 6. The molecule has 0 saturated carbocycles. The molecule has 18 heavy (non-hydrogen) atoms. The fourth-order valence-corrected chi connectivity index (χ4v) is 1.97. The normalized spacial score (nSPS) is 10.2. The first-order chi connectivity index (χ1) is 8.65. The van der Waals surface area contributed by atoms with Crippen molar-refractivity contribution in [2.75, 3.05) is 32.0 Å². The third-order valence-electron chi connectivity index (χ3n) is 2.41. The maximum absolute atomic E-state index is 13.7. The lowest BCUT2D eigenvalue weighted by Crippen LogP contribution is -2.35. The van der Waals surface area contributed by atoms with Crippen LogP contribution in [-0.4, -0.2) is 42.8 Å². The fraction of sp³-hybridized carbons (Fsp3) is 0.417. The Morgan fingerprint density at radius 3 is 2.44 bits per heavy atom. The molecule has 0 radical (unpaired) electrons. The van der Waals surface area contributed by atoms with Crippen LogP contribution in [0.4, 0.5) is 4.39 Å². The highest BCUT2D eigenvalue weighted by atomic mass is 35.5. The molecule has 0 bridgehead atoms. The van der Waals surface area contributed by atoms with E-state index < -0.39 is 11.7 Å². The minimum absolute atomic E-state index is 0.0877. The number of carbonyl (C=O) groups is 1. The molecule has 0 aliphatic carbocycles. The summed E-state index contributed by atoms with van der Waals surface area (Å²) in [6.07, 6.45) is 0. The quantitative estimate of drug-likeness (QED) is 0.755. The average molecular weight is 294 g/mol. The summed E-state index contributed by atoms with van der Waals surface area (Å²) in [6.45, 7) is 0.620. The second-order valence-electron chi connectivity index (χ2n) is 3.49. The molecule has 0 heterocycles. The number of hydrogen-bond acceptors (Lipinski definition) is 2. The van der Waals surface area contributed by atoms with E-state index in [1.54, 1.807) is 0 Å². The third-order valence-corrected chi connectivity index (χ3v) is 2.74. The molecule has 0 saturated heterocycles. The lowest BCUT2D eigenvalue weighted by Gasteiger charge is -2.21. The topological polar surface area (TPSA) is 29.5 Å². The molecule has 100 valence electrons. The number of amides is 1. The molecule has 1 aromatic rings. The number of halogens is 3. The number of carbonyl (C=O) groups excluding carboxylic acids is 1. The zero-order valence-corrected chi connectivity index (χ0v) is 11.5. The molecule has 1 amide bonds. The first-order valence-corrected chi connectivity index (χ1v) is 6.46.